The molecule has 0 bridgehead atoms. The third-order valence-electron chi connectivity index (χ3n) is 6.04. The van der Waals surface area contributed by atoms with Crippen molar-refractivity contribution in [1.82, 2.24) is 9.91 Å². The summed E-state index contributed by atoms with van der Waals surface area (Å²) in [4.78, 5) is 27.3. The standard InChI is InChI=1S/C24H26ClN3O3/c1-27(24(30)16-7-5-8-16)15-23(29)28-22(19-11-3-4-12-20(19)25)14-21(26-28)17-9-6-10-18(13-17)31-2/h3-4,6,9-13,16,22H,5,7-8,14-15H2,1-2H3/t22-/m1/s1. The Hall–Kier alpha value is -2.86. The molecule has 31 heavy (non-hydrogen) atoms. The fourth-order valence-electron chi connectivity index (χ4n) is 4.03. The van der Waals surface area contributed by atoms with Crippen LogP contribution in [0.2, 0.25) is 5.02 Å². The maximum Gasteiger partial charge on any atom is 0.262 e. The lowest BCUT2D eigenvalue weighted by atomic mass is 9.84. The molecule has 1 aliphatic carbocycles. The van der Waals surface area contributed by atoms with Gasteiger partial charge in [-0.2, -0.15) is 5.10 Å². The van der Waals surface area contributed by atoms with Gasteiger partial charge in [0.25, 0.3) is 5.91 Å². The molecule has 0 aromatic heterocycles. The molecule has 4 rings (SSSR count). The molecule has 2 aliphatic rings. The van der Waals surface area contributed by atoms with E-state index in [1.165, 1.54) is 9.91 Å². The van der Waals surface area contributed by atoms with Crippen LogP contribution < -0.4 is 4.74 Å². The van der Waals surface area contributed by atoms with Crippen molar-refractivity contribution in [3.8, 4) is 5.75 Å². The quantitative estimate of drug-likeness (QED) is 0.674. The Morgan fingerprint density at radius 1 is 1.19 bits per heavy atom. The maximum atomic E-state index is 13.2. The lowest BCUT2D eigenvalue weighted by Crippen LogP contribution is -2.42. The van der Waals surface area contributed by atoms with Crippen LogP contribution in [-0.4, -0.2) is 48.1 Å². The summed E-state index contributed by atoms with van der Waals surface area (Å²) in [5.41, 5.74) is 2.52. The molecule has 7 heteroatoms. The molecule has 1 saturated carbocycles. The first-order valence-electron chi connectivity index (χ1n) is 10.5. The van der Waals surface area contributed by atoms with Gasteiger partial charge in [-0.15, -0.1) is 0 Å². The smallest absolute Gasteiger partial charge is 0.262 e. The van der Waals surface area contributed by atoms with E-state index in [4.69, 9.17) is 16.3 Å². The third kappa shape index (κ3) is 4.44. The molecule has 2 aromatic rings. The van der Waals surface area contributed by atoms with Crippen molar-refractivity contribution >= 4 is 29.1 Å². The fraction of sp³-hybridized carbons (Fsp3) is 0.375. The van der Waals surface area contributed by atoms with Crippen LogP contribution >= 0.6 is 11.6 Å². The van der Waals surface area contributed by atoms with Crippen LogP contribution in [0.15, 0.2) is 53.6 Å². The zero-order valence-corrected chi connectivity index (χ0v) is 18.5. The monoisotopic (exact) mass is 439 g/mol. The second-order valence-electron chi connectivity index (χ2n) is 8.08. The van der Waals surface area contributed by atoms with E-state index in [-0.39, 0.29) is 30.3 Å². The van der Waals surface area contributed by atoms with Gasteiger partial charge in [-0.25, -0.2) is 5.01 Å². The fourth-order valence-corrected chi connectivity index (χ4v) is 4.29. The summed E-state index contributed by atoms with van der Waals surface area (Å²) >= 11 is 6.47. The Morgan fingerprint density at radius 3 is 2.65 bits per heavy atom. The molecular formula is C24H26ClN3O3. The molecule has 1 heterocycles. The number of carbonyl (C=O) groups excluding carboxylic acids is 2. The summed E-state index contributed by atoms with van der Waals surface area (Å²) in [5, 5.41) is 6.75. The summed E-state index contributed by atoms with van der Waals surface area (Å²) in [5.74, 6) is 0.583. The van der Waals surface area contributed by atoms with Crippen LogP contribution in [0, 0.1) is 5.92 Å². The van der Waals surface area contributed by atoms with Gasteiger partial charge in [0.15, 0.2) is 0 Å². The number of nitrogens with zero attached hydrogens (tertiary/aromatic N) is 3. The van der Waals surface area contributed by atoms with Crippen molar-refractivity contribution in [2.24, 2.45) is 11.0 Å². The van der Waals surface area contributed by atoms with Gasteiger partial charge in [0.2, 0.25) is 5.91 Å². The lowest BCUT2D eigenvalue weighted by molar-refractivity contribution is -0.144. The van der Waals surface area contributed by atoms with E-state index in [1.54, 1.807) is 14.2 Å². The summed E-state index contributed by atoms with van der Waals surface area (Å²) < 4.78 is 5.34. The van der Waals surface area contributed by atoms with Crippen LogP contribution in [0.4, 0.5) is 0 Å². The number of benzene rings is 2. The number of likely N-dealkylation sites (N-methyl/N-ethyl adjacent to an activating group) is 1. The number of rotatable bonds is 6. The summed E-state index contributed by atoms with van der Waals surface area (Å²) in [6, 6.07) is 14.8. The normalized spacial score (nSPS) is 18.4. The minimum Gasteiger partial charge on any atom is -0.497 e. The van der Waals surface area contributed by atoms with Crippen molar-refractivity contribution in [1.29, 1.82) is 0 Å². The molecule has 0 unspecified atom stereocenters. The molecule has 0 spiro atoms. The predicted molar refractivity (Wildman–Crippen MR) is 120 cm³/mol. The Morgan fingerprint density at radius 2 is 1.97 bits per heavy atom. The average Bonchev–Trinajstić information content (AvgIpc) is 3.18. The van der Waals surface area contributed by atoms with Gasteiger partial charge in [0.1, 0.15) is 12.3 Å². The Kier molecular flexibility index (Phi) is 6.28. The Labute approximate surface area is 187 Å². The number of hydrazone groups is 1. The number of halogens is 1. The number of amides is 2. The minimum absolute atomic E-state index is 0.00875. The summed E-state index contributed by atoms with van der Waals surface area (Å²) in [6.07, 6.45) is 3.42. The van der Waals surface area contributed by atoms with Crippen molar-refractivity contribution in [2.45, 2.75) is 31.7 Å². The number of ether oxygens (including phenoxy) is 1. The van der Waals surface area contributed by atoms with E-state index in [0.29, 0.717) is 11.4 Å². The van der Waals surface area contributed by atoms with Crippen LogP contribution in [0.25, 0.3) is 0 Å². The zero-order chi connectivity index (χ0) is 22.0. The highest BCUT2D eigenvalue weighted by molar-refractivity contribution is 6.31. The Balaban J connectivity index is 1.61. The molecule has 2 aromatic carbocycles. The van der Waals surface area contributed by atoms with Crippen molar-refractivity contribution in [2.75, 3.05) is 20.7 Å². The number of hydrogen-bond donors (Lipinski definition) is 0. The maximum absolute atomic E-state index is 13.2. The van der Waals surface area contributed by atoms with Crippen LogP contribution in [0.1, 0.15) is 42.9 Å². The summed E-state index contributed by atoms with van der Waals surface area (Å²) in [6.45, 7) is -0.00875. The van der Waals surface area contributed by atoms with Gasteiger partial charge in [0, 0.05) is 30.0 Å². The topological polar surface area (TPSA) is 62.2 Å². The number of hydrogen-bond acceptors (Lipinski definition) is 4. The van der Waals surface area contributed by atoms with Crippen molar-refractivity contribution in [3.05, 3.63) is 64.7 Å². The van der Waals surface area contributed by atoms with Gasteiger partial charge in [-0.1, -0.05) is 48.4 Å². The number of carbonyl (C=O) groups is 2. The first kappa shape index (κ1) is 21.4. The highest BCUT2D eigenvalue weighted by Gasteiger charge is 2.36. The molecular weight excluding hydrogens is 414 g/mol. The predicted octanol–water partition coefficient (Wildman–Crippen LogP) is 4.28. The van der Waals surface area contributed by atoms with Gasteiger partial charge < -0.3 is 9.64 Å². The molecule has 1 fully saturated rings. The van der Waals surface area contributed by atoms with Crippen molar-refractivity contribution < 1.29 is 14.3 Å². The number of methoxy groups -OCH3 is 1. The summed E-state index contributed by atoms with van der Waals surface area (Å²) in [7, 11) is 3.30. The van der Waals surface area contributed by atoms with E-state index in [0.717, 1.165) is 41.9 Å². The van der Waals surface area contributed by atoms with E-state index in [2.05, 4.69) is 5.10 Å². The van der Waals surface area contributed by atoms with E-state index >= 15 is 0 Å². The van der Waals surface area contributed by atoms with E-state index < -0.39 is 0 Å². The first-order chi connectivity index (χ1) is 15.0. The second kappa shape index (κ2) is 9.10. The Bertz CT molecular complexity index is 1020. The minimum atomic E-state index is -0.324. The molecule has 1 atom stereocenters. The van der Waals surface area contributed by atoms with Gasteiger partial charge in [-0.3, -0.25) is 9.59 Å². The molecule has 6 nitrogen and oxygen atoms in total. The van der Waals surface area contributed by atoms with Crippen LogP contribution in [0.3, 0.4) is 0 Å². The van der Waals surface area contributed by atoms with E-state index in [1.807, 2.05) is 48.5 Å². The zero-order valence-electron chi connectivity index (χ0n) is 17.8. The van der Waals surface area contributed by atoms with E-state index in [9.17, 15) is 9.59 Å². The SMILES string of the molecule is COc1cccc(C2=NN(C(=O)CN(C)C(=O)C3CCC3)[C@@H](c3ccccc3Cl)C2)c1. The molecule has 0 saturated heterocycles. The average molecular weight is 440 g/mol. The van der Waals surface area contributed by atoms with Gasteiger partial charge >= 0.3 is 0 Å². The molecule has 162 valence electrons. The second-order valence-corrected chi connectivity index (χ2v) is 8.49. The highest BCUT2D eigenvalue weighted by atomic mass is 35.5. The molecule has 0 radical (unpaired) electrons. The van der Waals surface area contributed by atoms with Crippen molar-refractivity contribution in [3.63, 3.8) is 0 Å². The van der Waals surface area contributed by atoms with Gasteiger partial charge in [0.05, 0.1) is 18.9 Å². The molecule has 2 amide bonds. The van der Waals surface area contributed by atoms with Crippen LogP contribution in [-0.2, 0) is 9.59 Å². The highest BCUT2D eigenvalue weighted by Crippen LogP contribution is 2.37. The van der Waals surface area contributed by atoms with Crippen LogP contribution in [0.5, 0.6) is 5.75 Å². The van der Waals surface area contributed by atoms with Gasteiger partial charge in [-0.05, 0) is 36.6 Å². The lowest BCUT2D eigenvalue weighted by Gasteiger charge is -2.30. The molecule has 0 N–H and O–H groups in total. The largest absolute Gasteiger partial charge is 0.497 e. The molecule has 1 aliphatic heterocycles. The first-order valence-corrected chi connectivity index (χ1v) is 10.9. The third-order valence-corrected chi connectivity index (χ3v) is 6.38.